The van der Waals surface area contributed by atoms with Crippen LogP contribution >= 0.6 is 11.8 Å². The Morgan fingerprint density at radius 2 is 1.85 bits per heavy atom. The lowest BCUT2D eigenvalue weighted by Crippen LogP contribution is -2.31. The Bertz CT molecular complexity index is 701. The van der Waals surface area contributed by atoms with E-state index in [2.05, 4.69) is 59.1 Å². The topological polar surface area (TPSA) is 12.5 Å². The van der Waals surface area contributed by atoms with Crippen LogP contribution in [0.15, 0.2) is 42.5 Å². The van der Waals surface area contributed by atoms with Gasteiger partial charge in [0, 0.05) is 24.7 Å². The molecule has 0 bridgehead atoms. The van der Waals surface area contributed by atoms with Gasteiger partial charge in [-0.1, -0.05) is 48.9 Å². The van der Waals surface area contributed by atoms with Crippen molar-refractivity contribution in [3.05, 3.63) is 48.0 Å². The van der Waals surface area contributed by atoms with Crippen LogP contribution in [0, 0.1) is 0 Å². The number of thioether (sulfide) groups is 1. The number of rotatable bonds is 8. The summed E-state index contributed by atoms with van der Waals surface area (Å²) in [5.41, 5.74) is 1.52. The Morgan fingerprint density at radius 3 is 2.70 bits per heavy atom. The third-order valence-corrected chi connectivity index (χ3v) is 7.26. The number of hydrogen-bond donors (Lipinski definition) is 0. The number of benzene rings is 2. The summed E-state index contributed by atoms with van der Waals surface area (Å²) in [5.74, 6) is 3.06. The summed E-state index contributed by atoms with van der Waals surface area (Å²) >= 11 is 2.14. The molecule has 2 unspecified atom stereocenters. The summed E-state index contributed by atoms with van der Waals surface area (Å²) in [5, 5.41) is 2.80. The second-order valence-corrected chi connectivity index (χ2v) is 9.26. The number of ether oxygens (including phenoxy) is 1. The maximum absolute atomic E-state index is 6.00. The molecule has 3 heteroatoms. The highest BCUT2D eigenvalue weighted by atomic mass is 32.2. The highest BCUT2D eigenvalue weighted by Gasteiger charge is 2.23. The van der Waals surface area contributed by atoms with Crippen LogP contribution in [-0.4, -0.2) is 48.8 Å². The number of nitrogens with zero attached hydrogens (tertiary/aromatic N) is 1. The minimum absolute atomic E-state index is 0.455. The highest BCUT2D eigenvalue weighted by Crippen LogP contribution is 2.34. The number of likely N-dealkylation sites (tertiary alicyclic amines) is 1. The van der Waals surface area contributed by atoms with Gasteiger partial charge < -0.3 is 9.64 Å². The van der Waals surface area contributed by atoms with Crippen LogP contribution in [0.1, 0.15) is 50.0 Å². The van der Waals surface area contributed by atoms with Gasteiger partial charge in [0.25, 0.3) is 0 Å². The first-order chi connectivity index (χ1) is 13.4. The van der Waals surface area contributed by atoms with Gasteiger partial charge in [-0.3, -0.25) is 0 Å². The van der Waals surface area contributed by atoms with Crippen molar-refractivity contribution >= 4 is 22.5 Å². The molecule has 2 atom stereocenters. The van der Waals surface area contributed by atoms with Crippen LogP contribution in [0.25, 0.3) is 10.8 Å². The van der Waals surface area contributed by atoms with Crippen molar-refractivity contribution in [3.63, 3.8) is 0 Å². The van der Waals surface area contributed by atoms with E-state index in [-0.39, 0.29) is 0 Å². The van der Waals surface area contributed by atoms with Gasteiger partial charge in [-0.15, -0.1) is 0 Å². The number of hydrogen-bond acceptors (Lipinski definition) is 3. The summed E-state index contributed by atoms with van der Waals surface area (Å²) in [7, 11) is 0. The standard InChI is InChI=1S/C24H33NOS/c1-4-13-25(14-5-1)15-17-27-19-21(18-22-10-7-16-26-22)24-12-6-9-20-8-2-3-11-23(20)24/h2-3,6,8-9,11-12,21-22H,1,4-5,7,10,13-19H2. The third-order valence-electron chi connectivity index (χ3n) is 6.15. The SMILES string of the molecule is c1ccc2c(C(CSCCN3CCCCC3)CC3CCCO3)cccc2c1. The van der Waals surface area contributed by atoms with Crippen LogP contribution in [0.3, 0.4) is 0 Å². The number of fused-ring (bicyclic) bond motifs is 1. The minimum atomic E-state index is 0.455. The summed E-state index contributed by atoms with van der Waals surface area (Å²) in [6.07, 6.45) is 8.30. The molecule has 2 fully saturated rings. The monoisotopic (exact) mass is 383 g/mol. The first-order valence-electron chi connectivity index (χ1n) is 10.8. The van der Waals surface area contributed by atoms with Gasteiger partial charge in [0.15, 0.2) is 0 Å². The molecule has 2 aromatic rings. The maximum Gasteiger partial charge on any atom is 0.0582 e. The predicted octanol–water partition coefficient (Wildman–Crippen LogP) is 5.71. The van der Waals surface area contributed by atoms with E-state index in [4.69, 9.17) is 4.74 Å². The molecule has 2 nitrogen and oxygen atoms in total. The zero-order valence-electron chi connectivity index (χ0n) is 16.4. The van der Waals surface area contributed by atoms with Crippen molar-refractivity contribution in [2.75, 3.05) is 37.7 Å². The Hall–Kier alpha value is -1.03. The van der Waals surface area contributed by atoms with Crippen LogP contribution in [-0.2, 0) is 4.74 Å². The summed E-state index contributed by atoms with van der Waals surface area (Å²) in [6, 6.07) is 15.7. The van der Waals surface area contributed by atoms with Gasteiger partial charge in [0.2, 0.25) is 0 Å². The van der Waals surface area contributed by atoms with E-state index < -0.39 is 0 Å². The first-order valence-corrected chi connectivity index (χ1v) is 11.9. The fraction of sp³-hybridized carbons (Fsp3) is 0.583. The first kappa shape index (κ1) is 19.3. The molecule has 2 saturated heterocycles. The van der Waals surface area contributed by atoms with E-state index >= 15 is 0 Å². The molecule has 2 aliphatic rings. The van der Waals surface area contributed by atoms with Gasteiger partial charge in [-0.2, -0.15) is 11.8 Å². The van der Waals surface area contributed by atoms with Crippen LogP contribution in [0.5, 0.6) is 0 Å². The number of piperidine rings is 1. The van der Waals surface area contributed by atoms with E-state index in [1.165, 1.54) is 86.0 Å². The molecule has 146 valence electrons. The molecule has 4 rings (SSSR count). The molecule has 0 aliphatic carbocycles. The lowest BCUT2D eigenvalue weighted by Gasteiger charge is -2.27. The van der Waals surface area contributed by atoms with Gasteiger partial charge in [-0.05, 0) is 67.4 Å². The largest absolute Gasteiger partial charge is 0.378 e. The Labute approximate surface area is 168 Å². The molecule has 0 radical (unpaired) electrons. The van der Waals surface area contributed by atoms with Crippen molar-refractivity contribution in [1.82, 2.24) is 4.90 Å². The fourth-order valence-electron chi connectivity index (χ4n) is 4.64. The molecule has 27 heavy (non-hydrogen) atoms. The Balaban J connectivity index is 1.41. The van der Waals surface area contributed by atoms with Crippen LogP contribution < -0.4 is 0 Å². The van der Waals surface area contributed by atoms with Gasteiger partial charge in [0.1, 0.15) is 0 Å². The molecule has 0 saturated carbocycles. The maximum atomic E-state index is 6.00. The van der Waals surface area contributed by atoms with E-state index in [9.17, 15) is 0 Å². The molecule has 2 aromatic carbocycles. The lowest BCUT2D eigenvalue weighted by atomic mass is 9.90. The van der Waals surface area contributed by atoms with Gasteiger partial charge in [0.05, 0.1) is 6.10 Å². The lowest BCUT2D eigenvalue weighted by molar-refractivity contribution is 0.0997. The summed E-state index contributed by atoms with van der Waals surface area (Å²) in [4.78, 5) is 2.66. The van der Waals surface area contributed by atoms with Crippen LogP contribution in [0.2, 0.25) is 0 Å². The fourth-order valence-corrected chi connectivity index (χ4v) is 5.80. The van der Waals surface area contributed by atoms with Crippen molar-refractivity contribution in [2.24, 2.45) is 0 Å². The molecular formula is C24H33NOS. The van der Waals surface area contributed by atoms with Crippen molar-refractivity contribution in [2.45, 2.75) is 50.5 Å². The average molecular weight is 384 g/mol. The van der Waals surface area contributed by atoms with E-state index in [1.54, 1.807) is 0 Å². The Kier molecular flexibility index (Phi) is 7.11. The van der Waals surface area contributed by atoms with E-state index in [0.717, 1.165) is 6.61 Å². The third kappa shape index (κ3) is 5.28. The van der Waals surface area contributed by atoms with Gasteiger partial charge >= 0.3 is 0 Å². The van der Waals surface area contributed by atoms with Crippen molar-refractivity contribution < 1.29 is 4.74 Å². The van der Waals surface area contributed by atoms with Crippen molar-refractivity contribution in [3.8, 4) is 0 Å². The smallest absolute Gasteiger partial charge is 0.0582 e. The summed E-state index contributed by atoms with van der Waals surface area (Å²) < 4.78 is 6.00. The minimum Gasteiger partial charge on any atom is -0.378 e. The molecular weight excluding hydrogens is 350 g/mol. The zero-order chi connectivity index (χ0) is 18.3. The van der Waals surface area contributed by atoms with Crippen LogP contribution in [0.4, 0.5) is 0 Å². The zero-order valence-corrected chi connectivity index (χ0v) is 17.3. The normalized spacial score (nSPS) is 22.3. The molecule has 0 N–H and O–H groups in total. The predicted molar refractivity (Wildman–Crippen MR) is 118 cm³/mol. The van der Waals surface area contributed by atoms with E-state index in [1.807, 2.05) is 0 Å². The second kappa shape index (κ2) is 9.95. The quantitative estimate of drug-likeness (QED) is 0.542. The molecule has 2 heterocycles. The summed E-state index contributed by atoms with van der Waals surface area (Å²) in [6.45, 7) is 4.83. The highest BCUT2D eigenvalue weighted by molar-refractivity contribution is 7.99. The van der Waals surface area contributed by atoms with Crippen molar-refractivity contribution in [1.29, 1.82) is 0 Å². The Morgan fingerprint density at radius 1 is 1.00 bits per heavy atom. The molecule has 0 amide bonds. The molecule has 0 aromatic heterocycles. The second-order valence-electron chi connectivity index (χ2n) is 8.11. The molecule has 0 spiro atoms. The van der Waals surface area contributed by atoms with E-state index in [0.29, 0.717) is 12.0 Å². The molecule has 2 aliphatic heterocycles. The van der Waals surface area contributed by atoms with Gasteiger partial charge in [-0.25, -0.2) is 0 Å². The average Bonchev–Trinajstić information content (AvgIpc) is 3.24.